The number of carbonyl (C=O) groups is 2. The molecule has 10 heteroatoms. The molecule has 4 aromatic rings. The maximum atomic E-state index is 13.1. The highest BCUT2D eigenvalue weighted by atomic mass is 32.1. The number of anilines is 3. The van der Waals surface area contributed by atoms with Gasteiger partial charge in [-0.2, -0.15) is 0 Å². The van der Waals surface area contributed by atoms with Crippen LogP contribution in [-0.4, -0.2) is 35.5 Å². The average Bonchev–Trinajstić information content (AvgIpc) is 3.42. The molecule has 5 rings (SSSR count). The normalized spacial score (nSPS) is 13.3. The number of rotatable bonds is 8. The number of benzene rings is 2. The van der Waals surface area contributed by atoms with Gasteiger partial charge in [0.2, 0.25) is 5.91 Å². The van der Waals surface area contributed by atoms with Crippen LogP contribution < -0.4 is 26.8 Å². The summed E-state index contributed by atoms with van der Waals surface area (Å²) in [5.41, 5.74) is 5.45. The van der Waals surface area contributed by atoms with Gasteiger partial charge in [-0.1, -0.05) is 24.3 Å². The number of likely N-dealkylation sites (N-methyl/N-ethyl adjacent to an activating group) is 2. The van der Waals surface area contributed by atoms with Crippen LogP contribution in [0.2, 0.25) is 0 Å². The van der Waals surface area contributed by atoms with Crippen molar-refractivity contribution in [2.24, 2.45) is 7.05 Å². The Balaban J connectivity index is 1.39. The molecule has 1 aliphatic rings. The predicted octanol–water partition coefficient (Wildman–Crippen LogP) is 4.70. The van der Waals surface area contributed by atoms with E-state index in [1.165, 1.54) is 27.8 Å². The zero-order valence-corrected chi connectivity index (χ0v) is 24.4. The minimum atomic E-state index is -0.482. The molecular weight excluding hydrogens is 536 g/mol. The van der Waals surface area contributed by atoms with Crippen molar-refractivity contribution in [1.29, 1.82) is 0 Å². The average molecular weight is 571 g/mol. The van der Waals surface area contributed by atoms with E-state index in [0.717, 1.165) is 34.4 Å². The Bertz CT molecular complexity index is 1630. The molecule has 212 valence electrons. The largest absolute Gasteiger partial charge is 0.358 e. The lowest BCUT2D eigenvalue weighted by atomic mass is 9.99. The van der Waals surface area contributed by atoms with Crippen LogP contribution in [0.25, 0.3) is 11.3 Å². The van der Waals surface area contributed by atoms with E-state index < -0.39 is 6.04 Å². The first-order chi connectivity index (χ1) is 19.8. The van der Waals surface area contributed by atoms with Crippen LogP contribution in [0.4, 0.5) is 17.2 Å². The number of aromatic nitrogens is 2. The lowest BCUT2D eigenvalue weighted by molar-refractivity contribution is -0.122. The molecule has 2 aromatic heterocycles. The summed E-state index contributed by atoms with van der Waals surface area (Å²) in [5.74, 6) is -0.0761. The number of hydrogen-bond donors (Lipinski definition) is 4. The Hall–Kier alpha value is -4.28. The third-order valence-electron chi connectivity index (χ3n) is 7.45. The maximum Gasteiger partial charge on any atom is 0.293 e. The third-order valence-corrected chi connectivity index (χ3v) is 8.69. The van der Waals surface area contributed by atoms with E-state index in [1.807, 2.05) is 43.3 Å². The van der Waals surface area contributed by atoms with Gasteiger partial charge in [0.05, 0.1) is 10.6 Å². The second-order valence-corrected chi connectivity index (χ2v) is 11.3. The van der Waals surface area contributed by atoms with Crippen molar-refractivity contribution in [3.05, 3.63) is 91.5 Å². The van der Waals surface area contributed by atoms with Crippen molar-refractivity contribution in [1.82, 2.24) is 20.2 Å². The molecular formula is C31H34N6O3S. The molecule has 0 bridgehead atoms. The van der Waals surface area contributed by atoms with Crippen molar-refractivity contribution in [3.63, 3.8) is 0 Å². The van der Waals surface area contributed by atoms with Crippen LogP contribution >= 0.6 is 11.3 Å². The molecule has 0 radical (unpaired) electrons. The SMILES string of the molecule is CNC(=O)C(NC)c1ccc(Nc2nc(-c3cccc(NC(=O)c4cc5c(s4)CCCC5)c3C)cn(C)c2=O)cc1. The minimum Gasteiger partial charge on any atom is -0.358 e. The van der Waals surface area contributed by atoms with Gasteiger partial charge >= 0.3 is 0 Å². The van der Waals surface area contributed by atoms with Crippen LogP contribution in [0.1, 0.15) is 50.1 Å². The van der Waals surface area contributed by atoms with Gasteiger partial charge in [0.15, 0.2) is 5.82 Å². The fourth-order valence-corrected chi connectivity index (χ4v) is 6.29. The highest BCUT2D eigenvalue weighted by molar-refractivity contribution is 7.14. The Labute approximate surface area is 243 Å². The summed E-state index contributed by atoms with van der Waals surface area (Å²) in [5, 5.41) is 11.9. The van der Waals surface area contributed by atoms with Crippen LogP contribution in [-0.2, 0) is 24.7 Å². The summed E-state index contributed by atoms with van der Waals surface area (Å²) < 4.78 is 1.49. The van der Waals surface area contributed by atoms with E-state index in [1.54, 1.807) is 50.8 Å². The zero-order chi connectivity index (χ0) is 29.1. The second kappa shape index (κ2) is 12.1. The number of aryl methyl sites for hydroxylation is 3. The van der Waals surface area contributed by atoms with E-state index in [2.05, 4.69) is 26.3 Å². The van der Waals surface area contributed by atoms with Crippen molar-refractivity contribution < 1.29 is 9.59 Å². The molecule has 41 heavy (non-hydrogen) atoms. The van der Waals surface area contributed by atoms with E-state index in [0.29, 0.717) is 17.1 Å². The van der Waals surface area contributed by atoms with Gasteiger partial charge in [-0.15, -0.1) is 11.3 Å². The van der Waals surface area contributed by atoms with Crippen LogP contribution in [0.3, 0.4) is 0 Å². The highest BCUT2D eigenvalue weighted by Crippen LogP contribution is 2.32. The molecule has 2 amide bonds. The summed E-state index contributed by atoms with van der Waals surface area (Å²) in [6.45, 7) is 1.94. The van der Waals surface area contributed by atoms with Gasteiger partial charge in [0.25, 0.3) is 11.5 Å². The zero-order valence-electron chi connectivity index (χ0n) is 23.6. The summed E-state index contributed by atoms with van der Waals surface area (Å²) >= 11 is 1.59. The van der Waals surface area contributed by atoms with E-state index in [9.17, 15) is 14.4 Å². The fourth-order valence-electron chi connectivity index (χ4n) is 5.14. The Morgan fingerprint density at radius 1 is 1.05 bits per heavy atom. The van der Waals surface area contributed by atoms with Crippen LogP contribution in [0.15, 0.2) is 59.5 Å². The fraction of sp³-hybridized carbons (Fsp3) is 0.290. The van der Waals surface area contributed by atoms with Crippen molar-refractivity contribution >= 4 is 40.3 Å². The van der Waals surface area contributed by atoms with Crippen LogP contribution in [0.5, 0.6) is 0 Å². The molecule has 9 nitrogen and oxygen atoms in total. The minimum absolute atomic E-state index is 0.110. The first-order valence-corrected chi connectivity index (χ1v) is 14.5. The number of carbonyl (C=O) groups excluding carboxylic acids is 2. The summed E-state index contributed by atoms with van der Waals surface area (Å²) in [4.78, 5) is 44.9. The van der Waals surface area contributed by atoms with Gasteiger partial charge in [0.1, 0.15) is 6.04 Å². The van der Waals surface area contributed by atoms with Crippen molar-refractivity contribution in [3.8, 4) is 11.3 Å². The molecule has 0 saturated carbocycles. The topological polar surface area (TPSA) is 117 Å². The molecule has 2 aromatic carbocycles. The number of fused-ring (bicyclic) bond motifs is 1. The number of nitrogens with one attached hydrogen (secondary N) is 4. The molecule has 0 spiro atoms. The van der Waals surface area contributed by atoms with Gasteiger partial charge in [-0.25, -0.2) is 4.98 Å². The number of hydrogen-bond acceptors (Lipinski definition) is 7. The Kier molecular flexibility index (Phi) is 8.32. The molecule has 4 N–H and O–H groups in total. The molecule has 1 atom stereocenters. The van der Waals surface area contributed by atoms with Gasteiger partial charge < -0.3 is 25.8 Å². The molecule has 1 aliphatic carbocycles. The molecule has 2 heterocycles. The summed E-state index contributed by atoms with van der Waals surface area (Å²) in [6.07, 6.45) is 6.14. The molecule has 1 unspecified atom stereocenters. The predicted molar refractivity (Wildman–Crippen MR) is 164 cm³/mol. The Morgan fingerprint density at radius 3 is 2.51 bits per heavy atom. The summed E-state index contributed by atoms with van der Waals surface area (Å²) in [6, 6.07) is 14.5. The standard InChI is InChI=1S/C31H34N6O3S/c1-18-22(9-7-10-23(18)36-29(38)26-16-20-8-5-6-11-25(20)41-26)24-17-37(4)31(40)28(35-24)34-21-14-12-19(13-15-21)27(32-2)30(39)33-3/h7,9-10,12-17,27,32H,5-6,8,11H2,1-4H3,(H,33,39)(H,34,35)(H,36,38). The molecule has 0 aliphatic heterocycles. The number of thiophene rings is 1. The monoisotopic (exact) mass is 570 g/mol. The second-order valence-electron chi connectivity index (χ2n) is 10.2. The number of nitrogens with zero attached hydrogens (tertiary/aromatic N) is 2. The molecule has 0 saturated heterocycles. The van der Waals surface area contributed by atoms with Crippen molar-refractivity contribution in [2.75, 3.05) is 24.7 Å². The maximum absolute atomic E-state index is 13.1. The number of amides is 2. The lowest BCUT2D eigenvalue weighted by Gasteiger charge is -2.16. The highest BCUT2D eigenvalue weighted by Gasteiger charge is 2.20. The van der Waals surface area contributed by atoms with Gasteiger partial charge in [-0.3, -0.25) is 14.4 Å². The smallest absolute Gasteiger partial charge is 0.293 e. The van der Waals surface area contributed by atoms with E-state index in [4.69, 9.17) is 0 Å². The molecule has 0 fully saturated rings. The van der Waals surface area contributed by atoms with Crippen molar-refractivity contribution in [2.45, 2.75) is 38.6 Å². The van der Waals surface area contributed by atoms with Crippen LogP contribution in [0, 0.1) is 6.92 Å². The summed E-state index contributed by atoms with van der Waals surface area (Å²) in [7, 11) is 5.00. The van der Waals surface area contributed by atoms with E-state index >= 15 is 0 Å². The van der Waals surface area contributed by atoms with Gasteiger partial charge in [-0.05, 0) is 80.6 Å². The third kappa shape index (κ3) is 5.94. The van der Waals surface area contributed by atoms with E-state index in [-0.39, 0.29) is 23.2 Å². The van der Waals surface area contributed by atoms with Gasteiger partial charge in [0, 0.05) is 42.1 Å². The quantitative estimate of drug-likeness (QED) is 0.244. The Morgan fingerprint density at radius 2 is 1.80 bits per heavy atom. The lowest BCUT2D eigenvalue weighted by Crippen LogP contribution is -2.33. The first-order valence-electron chi connectivity index (χ1n) is 13.7. The first kappa shape index (κ1) is 28.3.